The van der Waals surface area contributed by atoms with Gasteiger partial charge in [-0.2, -0.15) is 0 Å². The van der Waals surface area contributed by atoms with Gasteiger partial charge in [0.15, 0.2) is 0 Å². The van der Waals surface area contributed by atoms with Crippen LogP contribution in [-0.2, 0) is 6.54 Å². The molecule has 2 aliphatic rings. The monoisotopic (exact) mass is 290 g/mol. The molecule has 6 nitrogen and oxygen atoms in total. The summed E-state index contributed by atoms with van der Waals surface area (Å²) < 4.78 is 0. The minimum Gasteiger partial charge on any atom is -0.393 e. The van der Waals surface area contributed by atoms with Crippen molar-refractivity contribution in [3.05, 3.63) is 33.9 Å². The second-order valence-corrected chi connectivity index (χ2v) is 6.22. The minimum absolute atomic E-state index is 0.00703. The topological polar surface area (TPSA) is 75.6 Å². The number of benzene rings is 1. The third kappa shape index (κ3) is 2.87. The van der Waals surface area contributed by atoms with Crippen LogP contribution >= 0.6 is 0 Å². The molecule has 2 N–H and O–H groups in total. The summed E-state index contributed by atoms with van der Waals surface area (Å²) in [4.78, 5) is 15.4. The van der Waals surface area contributed by atoms with Gasteiger partial charge in [-0.1, -0.05) is 6.07 Å². The number of nitrogen functional groups attached to an aromatic ring is 1. The summed E-state index contributed by atoms with van der Waals surface area (Å²) >= 11 is 0. The van der Waals surface area contributed by atoms with E-state index in [1.807, 2.05) is 6.07 Å². The number of hydrogen-bond donors (Lipinski definition) is 1. The lowest BCUT2D eigenvalue weighted by Crippen LogP contribution is -2.54. The zero-order valence-corrected chi connectivity index (χ0v) is 12.4. The maximum Gasteiger partial charge on any atom is 0.292 e. The Hall–Kier alpha value is -1.66. The zero-order valence-electron chi connectivity index (χ0n) is 12.4. The lowest BCUT2D eigenvalue weighted by molar-refractivity contribution is -0.383. The van der Waals surface area contributed by atoms with Crippen molar-refractivity contribution in [1.82, 2.24) is 9.80 Å². The minimum atomic E-state index is -0.432. The summed E-state index contributed by atoms with van der Waals surface area (Å²) in [5, 5.41) is 10.8. The largest absolute Gasteiger partial charge is 0.393 e. The van der Waals surface area contributed by atoms with Gasteiger partial charge in [0, 0.05) is 37.8 Å². The second-order valence-electron chi connectivity index (χ2n) is 6.22. The van der Waals surface area contributed by atoms with E-state index in [0.29, 0.717) is 12.1 Å². The van der Waals surface area contributed by atoms with Crippen molar-refractivity contribution >= 4 is 11.4 Å². The third-order valence-electron chi connectivity index (χ3n) is 4.74. The number of hydrogen-bond acceptors (Lipinski definition) is 5. The number of nitro groups is 1. The summed E-state index contributed by atoms with van der Waals surface area (Å²) in [5.74, 6) is 0. The molecule has 2 fully saturated rings. The van der Waals surface area contributed by atoms with Crippen LogP contribution in [0.25, 0.3) is 0 Å². The van der Waals surface area contributed by atoms with Crippen molar-refractivity contribution in [3.8, 4) is 0 Å². The Balaban J connectivity index is 1.71. The average molecular weight is 290 g/mol. The highest BCUT2D eigenvalue weighted by Crippen LogP contribution is 2.27. The van der Waals surface area contributed by atoms with Crippen molar-refractivity contribution in [1.29, 1.82) is 0 Å². The Morgan fingerprint density at radius 3 is 2.95 bits per heavy atom. The first kappa shape index (κ1) is 14.3. The van der Waals surface area contributed by atoms with E-state index in [4.69, 9.17) is 5.73 Å². The van der Waals surface area contributed by atoms with Crippen LogP contribution in [0.2, 0.25) is 0 Å². The summed E-state index contributed by atoms with van der Waals surface area (Å²) in [5.41, 5.74) is 7.08. The number of piperazine rings is 1. The number of fused-ring (bicyclic) bond motifs is 1. The van der Waals surface area contributed by atoms with E-state index in [-0.39, 0.29) is 11.4 Å². The molecule has 0 aromatic heterocycles. The van der Waals surface area contributed by atoms with Crippen LogP contribution < -0.4 is 5.73 Å². The predicted octanol–water partition coefficient (Wildman–Crippen LogP) is 1.85. The maximum absolute atomic E-state index is 10.8. The summed E-state index contributed by atoms with van der Waals surface area (Å²) in [7, 11) is 0. The van der Waals surface area contributed by atoms with Gasteiger partial charge < -0.3 is 5.73 Å². The molecule has 0 aliphatic carbocycles. The molecule has 2 saturated heterocycles. The van der Waals surface area contributed by atoms with E-state index in [1.165, 1.54) is 25.5 Å². The third-order valence-corrected chi connectivity index (χ3v) is 4.74. The molecule has 0 spiro atoms. The number of rotatable bonds is 3. The molecule has 2 atom stereocenters. The summed E-state index contributed by atoms with van der Waals surface area (Å²) in [6, 6.07) is 6.27. The molecule has 0 amide bonds. The van der Waals surface area contributed by atoms with Gasteiger partial charge in [-0.3, -0.25) is 19.9 Å². The Morgan fingerprint density at radius 1 is 1.43 bits per heavy atom. The zero-order chi connectivity index (χ0) is 15.0. The first-order valence-corrected chi connectivity index (χ1v) is 7.55. The van der Waals surface area contributed by atoms with E-state index in [0.717, 1.165) is 25.2 Å². The highest BCUT2D eigenvalue weighted by Gasteiger charge is 2.34. The molecule has 6 heteroatoms. The number of nitrogens with zero attached hydrogens (tertiary/aromatic N) is 3. The highest BCUT2D eigenvalue weighted by atomic mass is 16.6. The first-order chi connectivity index (χ1) is 10.0. The Kier molecular flexibility index (Phi) is 3.82. The molecule has 21 heavy (non-hydrogen) atoms. The van der Waals surface area contributed by atoms with Crippen molar-refractivity contribution in [2.24, 2.45) is 0 Å². The lowest BCUT2D eigenvalue weighted by Gasteiger charge is -2.42. The average Bonchev–Trinajstić information content (AvgIpc) is 2.86. The number of nitro benzene ring substituents is 1. The molecule has 1 aromatic rings. The van der Waals surface area contributed by atoms with Crippen LogP contribution in [0, 0.1) is 10.1 Å². The van der Waals surface area contributed by atoms with Crippen LogP contribution in [0.4, 0.5) is 11.4 Å². The fourth-order valence-corrected chi connectivity index (χ4v) is 3.57. The van der Waals surface area contributed by atoms with Crippen molar-refractivity contribution < 1.29 is 4.92 Å². The van der Waals surface area contributed by atoms with Crippen LogP contribution in [0.5, 0.6) is 0 Å². The van der Waals surface area contributed by atoms with E-state index in [1.54, 1.807) is 6.07 Å². The standard InChI is InChI=1S/C15H22N4O2/c1-11-8-17-6-2-3-13(17)10-18(11)9-12-4-5-15(19(20)21)14(16)7-12/h4-5,7,11,13H,2-3,6,8-10,16H2,1H3. The van der Waals surface area contributed by atoms with Gasteiger partial charge in [-0.05, 0) is 37.9 Å². The Morgan fingerprint density at radius 2 is 2.24 bits per heavy atom. The Labute approximate surface area is 124 Å². The summed E-state index contributed by atoms with van der Waals surface area (Å²) in [6.07, 6.45) is 2.58. The molecule has 2 aliphatic heterocycles. The summed E-state index contributed by atoms with van der Waals surface area (Å²) in [6.45, 7) is 6.50. The quantitative estimate of drug-likeness (QED) is 0.522. The molecule has 2 heterocycles. The second kappa shape index (κ2) is 5.61. The van der Waals surface area contributed by atoms with Crippen LogP contribution in [0.15, 0.2) is 18.2 Å². The first-order valence-electron chi connectivity index (χ1n) is 7.55. The Bertz CT molecular complexity index is 548. The van der Waals surface area contributed by atoms with Gasteiger partial charge in [0.25, 0.3) is 5.69 Å². The van der Waals surface area contributed by atoms with E-state index in [9.17, 15) is 10.1 Å². The van der Waals surface area contributed by atoms with Gasteiger partial charge in [0.2, 0.25) is 0 Å². The molecule has 0 bridgehead atoms. The molecule has 3 rings (SSSR count). The number of anilines is 1. The van der Waals surface area contributed by atoms with Gasteiger partial charge in [0.1, 0.15) is 5.69 Å². The molecule has 1 aromatic carbocycles. The van der Waals surface area contributed by atoms with Crippen molar-refractivity contribution in [2.45, 2.75) is 38.4 Å². The molecular weight excluding hydrogens is 268 g/mol. The lowest BCUT2D eigenvalue weighted by atomic mass is 10.1. The fraction of sp³-hybridized carbons (Fsp3) is 0.600. The SMILES string of the molecule is CC1CN2CCCC2CN1Cc1ccc([N+](=O)[O-])c(N)c1. The van der Waals surface area contributed by atoms with Crippen molar-refractivity contribution in [2.75, 3.05) is 25.4 Å². The highest BCUT2D eigenvalue weighted by molar-refractivity contribution is 5.59. The van der Waals surface area contributed by atoms with Crippen LogP contribution in [0.1, 0.15) is 25.3 Å². The molecular formula is C15H22N4O2. The maximum atomic E-state index is 10.8. The van der Waals surface area contributed by atoms with E-state index in [2.05, 4.69) is 16.7 Å². The van der Waals surface area contributed by atoms with Gasteiger partial charge in [-0.15, -0.1) is 0 Å². The fourth-order valence-electron chi connectivity index (χ4n) is 3.57. The van der Waals surface area contributed by atoms with E-state index < -0.39 is 4.92 Å². The van der Waals surface area contributed by atoms with Gasteiger partial charge in [-0.25, -0.2) is 0 Å². The van der Waals surface area contributed by atoms with E-state index >= 15 is 0 Å². The molecule has 114 valence electrons. The number of nitrogens with two attached hydrogens (primary N) is 1. The predicted molar refractivity (Wildman–Crippen MR) is 82.0 cm³/mol. The van der Waals surface area contributed by atoms with Crippen LogP contribution in [-0.4, -0.2) is 46.4 Å². The molecule has 0 radical (unpaired) electrons. The van der Waals surface area contributed by atoms with Gasteiger partial charge >= 0.3 is 0 Å². The van der Waals surface area contributed by atoms with Crippen LogP contribution in [0.3, 0.4) is 0 Å². The normalized spacial score (nSPS) is 26.7. The molecule has 0 saturated carbocycles. The van der Waals surface area contributed by atoms with Crippen molar-refractivity contribution in [3.63, 3.8) is 0 Å². The smallest absolute Gasteiger partial charge is 0.292 e. The van der Waals surface area contributed by atoms with Gasteiger partial charge in [0.05, 0.1) is 4.92 Å². The molecule has 2 unspecified atom stereocenters.